The van der Waals surface area contributed by atoms with Crippen LogP contribution in [-0.2, 0) is 9.53 Å². The predicted octanol–water partition coefficient (Wildman–Crippen LogP) is 0.655. The number of amides is 1. The molecule has 4 heteroatoms. The van der Waals surface area contributed by atoms with E-state index < -0.39 is 0 Å². The van der Waals surface area contributed by atoms with Crippen LogP contribution in [0.1, 0.15) is 33.1 Å². The van der Waals surface area contributed by atoms with Gasteiger partial charge in [0.2, 0.25) is 5.91 Å². The first-order valence-corrected chi connectivity index (χ1v) is 5.20. The van der Waals surface area contributed by atoms with Gasteiger partial charge in [-0.25, -0.2) is 0 Å². The van der Waals surface area contributed by atoms with Crippen LogP contribution in [-0.4, -0.2) is 31.7 Å². The van der Waals surface area contributed by atoms with Gasteiger partial charge in [-0.05, 0) is 12.8 Å². The van der Waals surface area contributed by atoms with E-state index in [-0.39, 0.29) is 18.0 Å². The lowest BCUT2D eigenvalue weighted by Crippen LogP contribution is -2.46. The topological polar surface area (TPSA) is 64.4 Å². The van der Waals surface area contributed by atoms with Gasteiger partial charge in [-0.3, -0.25) is 4.79 Å². The van der Waals surface area contributed by atoms with Gasteiger partial charge in [0, 0.05) is 7.11 Å². The molecule has 0 saturated heterocycles. The lowest BCUT2D eigenvalue weighted by Gasteiger charge is -2.18. The second-order valence-electron chi connectivity index (χ2n) is 3.46. The van der Waals surface area contributed by atoms with Gasteiger partial charge >= 0.3 is 0 Å². The second kappa shape index (κ2) is 7.76. The molecule has 0 saturated carbocycles. The third-order valence-electron chi connectivity index (χ3n) is 2.14. The molecule has 3 N–H and O–H groups in total. The van der Waals surface area contributed by atoms with Gasteiger partial charge in [0.1, 0.15) is 0 Å². The van der Waals surface area contributed by atoms with Crippen molar-refractivity contribution in [3.63, 3.8) is 0 Å². The molecule has 0 fully saturated rings. The molecular formula is C10H22N2O2. The van der Waals surface area contributed by atoms with E-state index in [9.17, 15) is 4.79 Å². The molecular weight excluding hydrogens is 180 g/mol. The maximum absolute atomic E-state index is 11.5. The largest absolute Gasteiger partial charge is 0.383 e. The Balaban J connectivity index is 3.88. The van der Waals surface area contributed by atoms with Crippen molar-refractivity contribution in [3.8, 4) is 0 Å². The average Bonchev–Trinajstić information content (AvgIpc) is 2.17. The number of rotatable bonds is 7. The molecule has 0 bridgehead atoms. The minimum absolute atomic E-state index is 0.0734. The van der Waals surface area contributed by atoms with Crippen LogP contribution in [0, 0.1) is 0 Å². The molecule has 0 aliphatic heterocycles. The SMILES string of the molecule is CCC[C@H](N)C(=O)NC(CC)COC. The molecule has 4 nitrogen and oxygen atoms in total. The summed E-state index contributed by atoms with van der Waals surface area (Å²) in [5, 5.41) is 2.86. The number of hydrogen-bond acceptors (Lipinski definition) is 3. The van der Waals surface area contributed by atoms with Crippen LogP contribution in [0.3, 0.4) is 0 Å². The van der Waals surface area contributed by atoms with Gasteiger partial charge in [-0.2, -0.15) is 0 Å². The summed E-state index contributed by atoms with van der Waals surface area (Å²) in [4.78, 5) is 11.5. The zero-order chi connectivity index (χ0) is 11.0. The van der Waals surface area contributed by atoms with Crippen LogP contribution in [0.15, 0.2) is 0 Å². The number of nitrogens with one attached hydrogen (secondary N) is 1. The number of hydrogen-bond donors (Lipinski definition) is 2. The molecule has 14 heavy (non-hydrogen) atoms. The summed E-state index contributed by atoms with van der Waals surface area (Å²) in [6.45, 7) is 4.57. The van der Waals surface area contributed by atoms with Crippen LogP contribution >= 0.6 is 0 Å². The van der Waals surface area contributed by atoms with Crippen LogP contribution in [0.5, 0.6) is 0 Å². The quantitative estimate of drug-likeness (QED) is 0.637. The fourth-order valence-corrected chi connectivity index (χ4v) is 1.21. The highest BCUT2D eigenvalue weighted by atomic mass is 16.5. The highest BCUT2D eigenvalue weighted by Gasteiger charge is 2.15. The van der Waals surface area contributed by atoms with E-state index in [2.05, 4.69) is 5.32 Å². The summed E-state index contributed by atoms with van der Waals surface area (Å²) in [5.41, 5.74) is 5.67. The number of carbonyl (C=O) groups excluding carboxylic acids is 1. The van der Waals surface area contributed by atoms with Crippen LogP contribution in [0.25, 0.3) is 0 Å². The van der Waals surface area contributed by atoms with Crippen molar-refractivity contribution < 1.29 is 9.53 Å². The molecule has 0 aromatic heterocycles. The lowest BCUT2D eigenvalue weighted by atomic mass is 10.1. The highest BCUT2D eigenvalue weighted by Crippen LogP contribution is 1.96. The van der Waals surface area contributed by atoms with Gasteiger partial charge in [0.05, 0.1) is 18.7 Å². The van der Waals surface area contributed by atoms with Gasteiger partial charge in [0.25, 0.3) is 0 Å². The molecule has 0 heterocycles. The first-order valence-electron chi connectivity index (χ1n) is 5.20. The molecule has 0 aliphatic carbocycles. The Kier molecular flexibility index (Phi) is 7.42. The molecule has 1 unspecified atom stereocenters. The normalized spacial score (nSPS) is 14.9. The van der Waals surface area contributed by atoms with Gasteiger partial charge < -0.3 is 15.8 Å². The molecule has 1 amide bonds. The van der Waals surface area contributed by atoms with Gasteiger partial charge in [0.15, 0.2) is 0 Å². The van der Waals surface area contributed by atoms with Crippen molar-refractivity contribution in [1.29, 1.82) is 0 Å². The van der Waals surface area contributed by atoms with E-state index in [1.807, 2.05) is 13.8 Å². The number of carbonyl (C=O) groups is 1. The Bertz CT molecular complexity index is 162. The third-order valence-corrected chi connectivity index (χ3v) is 2.14. The Morgan fingerprint density at radius 3 is 2.57 bits per heavy atom. The first kappa shape index (κ1) is 13.4. The zero-order valence-electron chi connectivity index (χ0n) is 9.38. The van der Waals surface area contributed by atoms with Crippen molar-refractivity contribution in [2.45, 2.75) is 45.2 Å². The average molecular weight is 202 g/mol. The van der Waals surface area contributed by atoms with Crippen molar-refractivity contribution in [3.05, 3.63) is 0 Å². The monoisotopic (exact) mass is 202 g/mol. The van der Waals surface area contributed by atoms with E-state index in [1.165, 1.54) is 0 Å². The van der Waals surface area contributed by atoms with Crippen LogP contribution in [0.4, 0.5) is 0 Å². The summed E-state index contributed by atoms with van der Waals surface area (Å²) in [7, 11) is 1.63. The van der Waals surface area contributed by atoms with Gasteiger partial charge in [-0.1, -0.05) is 20.3 Å². The van der Waals surface area contributed by atoms with E-state index in [4.69, 9.17) is 10.5 Å². The summed E-state index contributed by atoms with van der Waals surface area (Å²) in [5.74, 6) is -0.0734. The minimum atomic E-state index is -0.383. The smallest absolute Gasteiger partial charge is 0.237 e. The zero-order valence-corrected chi connectivity index (χ0v) is 9.38. The Hall–Kier alpha value is -0.610. The number of nitrogens with two attached hydrogens (primary N) is 1. The molecule has 84 valence electrons. The Labute approximate surface area is 86.2 Å². The lowest BCUT2D eigenvalue weighted by molar-refractivity contribution is -0.123. The predicted molar refractivity (Wildman–Crippen MR) is 57.0 cm³/mol. The van der Waals surface area contributed by atoms with Crippen molar-refractivity contribution >= 4 is 5.91 Å². The third kappa shape index (κ3) is 5.19. The minimum Gasteiger partial charge on any atom is -0.383 e. The summed E-state index contributed by atoms with van der Waals surface area (Å²) in [6.07, 6.45) is 2.52. The van der Waals surface area contributed by atoms with E-state index in [0.717, 1.165) is 19.3 Å². The van der Waals surface area contributed by atoms with Crippen LogP contribution in [0.2, 0.25) is 0 Å². The fraction of sp³-hybridized carbons (Fsp3) is 0.900. The van der Waals surface area contributed by atoms with E-state index >= 15 is 0 Å². The number of methoxy groups -OCH3 is 1. The summed E-state index contributed by atoms with van der Waals surface area (Å²) < 4.78 is 4.98. The van der Waals surface area contributed by atoms with Crippen molar-refractivity contribution in [2.24, 2.45) is 5.73 Å². The Morgan fingerprint density at radius 2 is 2.14 bits per heavy atom. The molecule has 2 atom stereocenters. The first-order chi connectivity index (χ1) is 6.65. The molecule has 0 aromatic rings. The Morgan fingerprint density at radius 1 is 1.50 bits per heavy atom. The van der Waals surface area contributed by atoms with Crippen molar-refractivity contribution in [2.75, 3.05) is 13.7 Å². The molecule has 0 spiro atoms. The number of ether oxygens (including phenoxy) is 1. The van der Waals surface area contributed by atoms with E-state index in [0.29, 0.717) is 6.61 Å². The molecule has 0 aromatic carbocycles. The maximum atomic E-state index is 11.5. The second-order valence-corrected chi connectivity index (χ2v) is 3.46. The highest BCUT2D eigenvalue weighted by molar-refractivity contribution is 5.81. The fourth-order valence-electron chi connectivity index (χ4n) is 1.21. The standard InChI is InChI=1S/C10H22N2O2/c1-4-6-9(11)10(13)12-8(5-2)7-14-3/h8-9H,4-7,11H2,1-3H3,(H,12,13)/t8?,9-/m0/s1. The van der Waals surface area contributed by atoms with E-state index in [1.54, 1.807) is 7.11 Å². The summed E-state index contributed by atoms with van der Waals surface area (Å²) >= 11 is 0. The molecule has 0 aliphatic rings. The molecule has 0 radical (unpaired) electrons. The van der Waals surface area contributed by atoms with Crippen molar-refractivity contribution in [1.82, 2.24) is 5.32 Å². The van der Waals surface area contributed by atoms with Gasteiger partial charge in [-0.15, -0.1) is 0 Å². The molecule has 0 rings (SSSR count). The summed E-state index contributed by atoms with van der Waals surface area (Å²) in [6, 6.07) is -0.304. The maximum Gasteiger partial charge on any atom is 0.237 e. The van der Waals surface area contributed by atoms with Crippen LogP contribution < -0.4 is 11.1 Å².